The Bertz CT molecular complexity index is 1070. The monoisotopic (exact) mass is 579 g/mol. The van der Waals surface area contributed by atoms with E-state index in [0.29, 0.717) is 45.1 Å². The summed E-state index contributed by atoms with van der Waals surface area (Å²) >= 11 is 0. The van der Waals surface area contributed by atoms with Gasteiger partial charge in [-0.3, -0.25) is 14.4 Å². The van der Waals surface area contributed by atoms with E-state index >= 15 is 0 Å². The van der Waals surface area contributed by atoms with Crippen LogP contribution in [-0.4, -0.2) is 116 Å². The fourth-order valence-corrected chi connectivity index (χ4v) is 5.14. The first-order chi connectivity index (χ1) is 19.6. The summed E-state index contributed by atoms with van der Waals surface area (Å²) in [6.07, 6.45) is 0.627. The predicted octanol–water partition coefficient (Wildman–Crippen LogP) is 2.31. The Kier molecular flexibility index (Phi) is 12.1. The number of likely N-dealkylation sites (tertiary alicyclic amines) is 1. The molecule has 2 atom stereocenters. The minimum Gasteiger partial charge on any atom is -0.465 e. The maximum absolute atomic E-state index is 14.1. The number of benzene rings is 1. The smallest absolute Gasteiger partial charge is 0.407 e. The molecule has 1 aromatic rings. The number of methoxy groups -OCH3 is 1. The van der Waals surface area contributed by atoms with Crippen LogP contribution in [0.15, 0.2) is 18.2 Å². The lowest BCUT2D eigenvalue weighted by molar-refractivity contribution is -0.148. The quantitative estimate of drug-likeness (QED) is 0.268. The third-order valence-corrected chi connectivity index (χ3v) is 7.15. The molecule has 1 aromatic carbocycles. The third-order valence-electron chi connectivity index (χ3n) is 7.15. The summed E-state index contributed by atoms with van der Waals surface area (Å²) < 4.78 is 24.5. The van der Waals surface area contributed by atoms with E-state index in [4.69, 9.17) is 9.47 Å². The van der Waals surface area contributed by atoms with Crippen molar-refractivity contribution >= 4 is 35.2 Å². The molecule has 12 nitrogen and oxygen atoms in total. The fourth-order valence-electron chi connectivity index (χ4n) is 5.14. The maximum atomic E-state index is 14.1. The summed E-state index contributed by atoms with van der Waals surface area (Å²) in [6, 6.07) is 3.19. The second-order valence-corrected chi connectivity index (χ2v) is 10.8. The molecule has 41 heavy (non-hydrogen) atoms. The predicted molar refractivity (Wildman–Crippen MR) is 150 cm³/mol. The molecule has 0 saturated carbocycles. The molecule has 2 saturated heterocycles. The molecule has 4 amide bonds. The Labute approximate surface area is 240 Å². The highest BCUT2D eigenvalue weighted by molar-refractivity contribution is 6.40. The number of carbonyl (C=O) groups is 4. The number of hydrogen-bond donors (Lipinski definition) is 3. The van der Waals surface area contributed by atoms with Crippen molar-refractivity contribution in [3.63, 3.8) is 0 Å². The van der Waals surface area contributed by atoms with Crippen LogP contribution in [0.5, 0.6) is 0 Å². The molecule has 0 radical (unpaired) electrons. The normalized spacial score (nSPS) is 19.1. The molecular weight excluding hydrogens is 537 g/mol. The molecule has 2 aliphatic rings. The van der Waals surface area contributed by atoms with Crippen LogP contribution in [-0.2, 0) is 23.9 Å². The topological polar surface area (TPSA) is 141 Å². The van der Waals surface area contributed by atoms with Gasteiger partial charge in [-0.1, -0.05) is 13.8 Å². The molecule has 3 rings (SSSR count). The molecule has 0 aliphatic carbocycles. The van der Waals surface area contributed by atoms with Gasteiger partial charge in [-0.2, -0.15) is 0 Å². The van der Waals surface area contributed by atoms with Crippen molar-refractivity contribution < 1.29 is 38.1 Å². The van der Waals surface area contributed by atoms with Gasteiger partial charge in [0, 0.05) is 53.0 Å². The van der Waals surface area contributed by atoms with E-state index in [1.807, 2.05) is 13.8 Å². The SMILES string of the molecule is COCCCCNc1ccc(F)cc1NC(=O)C(=O)N(CC(C)C)[C@H]1C[C@@H](C(=O)N2CCOCC2)CN(C(=O)O)C1. The van der Waals surface area contributed by atoms with E-state index < -0.39 is 35.7 Å². The molecule has 13 heteroatoms. The van der Waals surface area contributed by atoms with Gasteiger partial charge in [0.2, 0.25) is 5.91 Å². The fraction of sp³-hybridized carbons (Fsp3) is 0.643. The number of carbonyl (C=O) groups excluding carboxylic acids is 3. The van der Waals surface area contributed by atoms with Crippen molar-refractivity contribution in [1.82, 2.24) is 14.7 Å². The van der Waals surface area contributed by atoms with Crippen LogP contribution in [0, 0.1) is 17.7 Å². The minimum atomic E-state index is -1.20. The Balaban J connectivity index is 1.77. The van der Waals surface area contributed by atoms with E-state index in [9.17, 15) is 28.7 Å². The zero-order valence-electron chi connectivity index (χ0n) is 24.1. The molecule has 2 fully saturated rings. The number of hydrogen-bond acceptors (Lipinski definition) is 7. The summed E-state index contributed by atoms with van der Waals surface area (Å²) in [5.41, 5.74) is 0.585. The van der Waals surface area contributed by atoms with E-state index in [0.717, 1.165) is 23.8 Å². The lowest BCUT2D eigenvalue weighted by Gasteiger charge is -2.43. The molecule has 0 spiro atoms. The molecule has 0 bridgehead atoms. The second-order valence-electron chi connectivity index (χ2n) is 10.8. The van der Waals surface area contributed by atoms with E-state index in [1.165, 1.54) is 17.0 Å². The number of nitrogens with zero attached hydrogens (tertiary/aromatic N) is 3. The Hall–Kier alpha value is -3.45. The number of nitrogens with one attached hydrogen (secondary N) is 2. The van der Waals surface area contributed by atoms with Crippen LogP contribution in [0.4, 0.5) is 20.6 Å². The molecule has 0 unspecified atom stereocenters. The zero-order chi connectivity index (χ0) is 29.9. The average Bonchev–Trinajstić information content (AvgIpc) is 2.96. The van der Waals surface area contributed by atoms with Gasteiger partial charge in [0.1, 0.15) is 5.82 Å². The van der Waals surface area contributed by atoms with Crippen LogP contribution >= 0.6 is 0 Å². The summed E-state index contributed by atoms with van der Waals surface area (Å²) in [5, 5.41) is 15.5. The van der Waals surface area contributed by atoms with Crippen molar-refractivity contribution in [2.45, 2.75) is 39.2 Å². The number of unbranched alkanes of at least 4 members (excludes halogenated alkanes) is 1. The number of amides is 4. The molecule has 2 heterocycles. The molecule has 228 valence electrons. The van der Waals surface area contributed by atoms with Gasteiger partial charge in [-0.25, -0.2) is 9.18 Å². The van der Waals surface area contributed by atoms with Crippen LogP contribution in [0.2, 0.25) is 0 Å². The summed E-state index contributed by atoms with van der Waals surface area (Å²) in [5.74, 6) is -3.31. The number of morpholine rings is 1. The van der Waals surface area contributed by atoms with Crippen LogP contribution < -0.4 is 10.6 Å². The van der Waals surface area contributed by atoms with Crippen molar-refractivity contribution in [2.75, 3.05) is 76.8 Å². The van der Waals surface area contributed by atoms with Gasteiger partial charge in [0.15, 0.2) is 0 Å². The van der Waals surface area contributed by atoms with Gasteiger partial charge < -0.3 is 39.9 Å². The highest BCUT2D eigenvalue weighted by Gasteiger charge is 2.41. The second kappa shape index (κ2) is 15.5. The number of piperidine rings is 1. The van der Waals surface area contributed by atoms with E-state index in [2.05, 4.69) is 10.6 Å². The first kappa shape index (κ1) is 32.1. The maximum Gasteiger partial charge on any atom is 0.407 e. The highest BCUT2D eigenvalue weighted by Crippen LogP contribution is 2.26. The number of ether oxygens (including phenoxy) is 2. The standard InChI is InChI=1S/C28H42FN5O7/c1-19(2)16-34(22-14-20(17-33(18-22)28(38)39)26(36)32-9-12-41-13-10-32)27(37)25(35)31-24-15-21(29)6-7-23(24)30-8-4-5-11-40-3/h6-7,15,19-20,22,30H,4-5,8-14,16-18H2,1-3H3,(H,31,35)(H,38,39)/t20-,22+/m1/s1. The third kappa shape index (κ3) is 9.28. The Morgan fingerprint density at radius 3 is 2.51 bits per heavy atom. The van der Waals surface area contributed by atoms with Crippen molar-refractivity contribution in [2.24, 2.45) is 11.8 Å². The van der Waals surface area contributed by atoms with Gasteiger partial charge >= 0.3 is 17.9 Å². The number of anilines is 2. The van der Waals surface area contributed by atoms with Gasteiger partial charge in [0.25, 0.3) is 0 Å². The lowest BCUT2D eigenvalue weighted by atomic mass is 9.91. The summed E-state index contributed by atoms with van der Waals surface area (Å²) in [6.45, 7) is 6.74. The van der Waals surface area contributed by atoms with Crippen molar-refractivity contribution in [1.29, 1.82) is 0 Å². The van der Waals surface area contributed by atoms with Gasteiger partial charge in [0.05, 0.1) is 36.5 Å². The number of rotatable bonds is 11. The Morgan fingerprint density at radius 1 is 1.12 bits per heavy atom. The Morgan fingerprint density at radius 2 is 1.85 bits per heavy atom. The largest absolute Gasteiger partial charge is 0.465 e. The van der Waals surface area contributed by atoms with E-state index in [-0.39, 0.29) is 43.6 Å². The van der Waals surface area contributed by atoms with Crippen molar-refractivity contribution in [3.05, 3.63) is 24.0 Å². The van der Waals surface area contributed by atoms with E-state index in [1.54, 1.807) is 12.0 Å². The van der Waals surface area contributed by atoms with Gasteiger partial charge in [-0.05, 0) is 43.4 Å². The van der Waals surface area contributed by atoms with Gasteiger partial charge in [-0.15, -0.1) is 0 Å². The lowest BCUT2D eigenvalue weighted by Crippen LogP contribution is -2.59. The first-order valence-corrected chi connectivity index (χ1v) is 14.1. The summed E-state index contributed by atoms with van der Waals surface area (Å²) in [4.78, 5) is 56.3. The molecule has 3 N–H and O–H groups in total. The van der Waals surface area contributed by atoms with Crippen LogP contribution in [0.25, 0.3) is 0 Å². The summed E-state index contributed by atoms with van der Waals surface area (Å²) in [7, 11) is 1.62. The van der Waals surface area contributed by atoms with Crippen molar-refractivity contribution in [3.8, 4) is 0 Å². The highest BCUT2D eigenvalue weighted by atomic mass is 19.1. The zero-order valence-corrected chi connectivity index (χ0v) is 24.1. The average molecular weight is 580 g/mol. The number of carboxylic acid groups (broad SMARTS) is 1. The molecular formula is C28H42FN5O7. The number of halogens is 1. The molecule has 2 aliphatic heterocycles. The minimum absolute atomic E-state index is 0.0145. The first-order valence-electron chi connectivity index (χ1n) is 14.1. The van der Waals surface area contributed by atoms with Crippen LogP contribution in [0.3, 0.4) is 0 Å². The van der Waals surface area contributed by atoms with Crippen LogP contribution in [0.1, 0.15) is 33.1 Å². The molecule has 0 aromatic heterocycles.